The zero-order chi connectivity index (χ0) is 22.2. The van der Waals surface area contributed by atoms with Gasteiger partial charge in [0.15, 0.2) is 0 Å². The van der Waals surface area contributed by atoms with Gasteiger partial charge in [-0.1, -0.05) is 42.1 Å². The van der Waals surface area contributed by atoms with Crippen LogP contribution in [-0.4, -0.2) is 19.1 Å². The van der Waals surface area contributed by atoms with E-state index in [1.807, 2.05) is 18.2 Å². The highest BCUT2D eigenvalue weighted by Gasteiger charge is 2.25. The van der Waals surface area contributed by atoms with Gasteiger partial charge < -0.3 is 4.18 Å². The van der Waals surface area contributed by atoms with Crippen LogP contribution in [0.4, 0.5) is 5.69 Å². The van der Waals surface area contributed by atoms with Crippen LogP contribution in [0.3, 0.4) is 0 Å². The molecule has 1 aliphatic heterocycles. The van der Waals surface area contributed by atoms with Gasteiger partial charge in [-0.15, -0.1) is 0 Å². The van der Waals surface area contributed by atoms with Crippen molar-refractivity contribution >= 4 is 39.4 Å². The number of benzene rings is 3. The molecule has 1 aliphatic rings. The molecule has 0 fully saturated rings. The summed E-state index contributed by atoms with van der Waals surface area (Å²) >= 11 is 1.38. The van der Waals surface area contributed by atoms with E-state index < -0.39 is 15.0 Å². The molecule has 156 valence electrons. The van der Waals surface area contributed by atoms with Crippen molar-refractivity contribution in [1.29, 1.82) is 0 Å². The number of allylic oxidation sites excluding steroid dienone is 1. The predicted molar refractivity (Wildman–Crippen MR) is 117 cm³/mol. The number of ketones is 1. The number of hydrogen-bond donors (Lipinski definition) is 0. The molecule has 0 aliphatic carbocycles. The standard InChI is InChI=1S/C22H15NO6S2/c1-14-6-11-17(13-19(14)23(25)26)31(27,28)29-16-9-7-15(8-10-16)12-21-22(24)18-4-2-3-5-20(18)30-21/h2-13H,1H3/b21-12+. The molecular formula is C22H15NO6S2. The van der Waals surface area contributed by atoms with Crippen molar-refractivity contribution in [2.24, 2.45) is 0 Å². The van der Waals surface area contributed by atoms with E-state index in [1.54, 1.807) is 24.3 Å². The highest BCUT2D eigenvalue weighted by Crippen LogP contribution is 2.40. The average molecular weight is 453 g/mol. The first-order valence-electron chi connectivity index (χ1n) is 9.07. The van der Waals surface area contributed by atoms with Gasteiger partial charge in [0.2, 0.25) is 5.78 Å². The molecule has 9 heteroatoms. The van der Waals surface area contributed by atoms with Crippen LogP contribution in [-0.2, 0) is 10.1 Å². The number of thioether (sulfide) groups is 1. The molecule has 0 aromatic heterocycles. The summed E-state index contributed by atoms with van der Waals surface area (Å²) in [5.74, 6) is 0.00327. The molecule has 0 spiro atoms. The van der Waals surface area contributed by atoms with Gasteiger partial charge in [0, 0.05) is 22.1 Å². The van der Waals surface area contributed by atoms with E-state index in [0.717, 1.165) is 11.0 Å². The Balaban J connectivity index is 1.54. The van der Waals surface area contributed by atoms with Gasteiger partial charge in [-0.25, -0.2) is 0 Å². The fourth-order valence-electron chi connectivity index (χ4n) is 3.02. The van der Waals surface area contributed by atoms with Gasteiger partial charge in [-0.05, 0) is 48.9 Å². The third-order valence-electron chi connectivity index (χ3n) is 4.63. The SMILES string of the molecule is Cc1ccc(S(=O)(=O)Oc2ccc(/C=C3/Sc4ccccc4C3=O)cc2)cc1[N+](=O)[O-]. The summed E-state index contributed by atoms with van der Waals surface area (Å²) in [6, 6.07) is 17.1. The maximum Gasteiger partial charge on any atom is 0.339 e. The number of rotatable bonds is 5. The molecule has 1 heterocycles. The van der Waals surface area contributed by atoms with Gasteiger partial charge in [0.1, 0.15) is 10.6 Å². The zero-order valence-electron chi connectivity index (χ0n) is 16.1. The first kappa shape index (κ1) is 20.8. The second-order valence-electron chi connectivity index (χ2n) is 6.75. The molecule has 0 unspecified atom stereocenters. The minimum Gasteiger partial charge on any atom is -0.379 e. The largest absolute Gasteiger partial charge is 0.379 e. The van der Waals surface area contributed by atoms with Crippen LogP contribution in [0.5, 0.6) is 5.75 Å². The second kappa shape index (κ2) is 8.01. The quantitative estimate of drug-likeness (QED) is 0.232. The highest BCUT2D eigenvalue weighted by molar-refractivity contribution is 8.04. The Morgan fingerprint density at radius 1 is 1.03 bits per heavy atom. The van der Waals surface area contributed by atoms with Crippen LogP contribution in [0.1, 0.15) is 21.5 Å². The Bertz CT molecular complexity index is 1340. The topological polar surface area (TPSA) is 104 Å². The Hall–Kier alpha value is -3.43. The van der Waals surface area contributed by atoms with Crippen LogP contribution in [0, 0.1) is 17.0 Å². The maximum absolute atomic E-state index is 12.5. The summed E-state index contributed by atoms with van der Waals surface area (Å²) in [6.07, 6.45) is 1.73. The second-order valence-corrected chi connectivity index (χ2v) is 9.38. The number of nitro groups is 1. The van der Waals surface area contributed by atoms with E-state index in [9.17, 15) is 23.3 Å². The van der Waals surface area contributed by atoms with Crippen molar-refractivity contribution in [2.75, 3.05) is 0 Å². The van der Waals surface area contributed by atoms with Crippen LogP contribution in [0.15, 0.2) is 81.4 Å². The fourth-order valence-corrected chi connectivity index (χ4v) is 5.03. The minimum atomic E-state index is -4.24. The normalized spacial score (nSPS) is 14.5. The summed E-state index contributed by atoms with van der Waals surface area (Å²) in [4.78, 5) is 24.1. The van der Waals surface area contributed by atoms with E-state index in [-0.39, 0.29) is 22.1 Å². The smallest absolute Gasteiger partial charge is 0.339 e. The third kappa shape index (κ3) is 4.23. The van der Waals surface area contributed by atoms with Gasteiger partial charge in [0.25, 0.3) is 5.69 Å². The summed E-state index contributed by atoms with van der Waals surface area (Å²) in [5.41, 5.74) is 1.42. The van der Waals surface area contributed by atoms with Gasteiger partial charge in [-0.3, -0.25) is 14.9 Å². The van der Waals surface area contributed by atoms with Crippen molar-refractivity contribution in [3.8, 4) is 5.75 Å². The lowest BCUT2D eigenvalue weighted by Crippen LogP contribution is -2.10. The number of nitrogens with zero attached hydrogens (tertiary/aromatic N) is 1. The van der Waals surface area contributed by atoms with E-state index in [1.165, 1.54) is 43.0 Å². The molecule has 0 saturated heterocycles. The lowest BCUT2D eigenvalue weighted by molar-refractivity contribution is -0.385. The van der Waals surface area contributed by atoms with Crippen molar-refractivity contribution in [3.05, 3.63) is 98.4 Å². The number of carbonyl (C=O) groups is 1. The first-order chi connectivity index (χ1) is 14.7. The number of hydrogen-bond acceptors (Lipinski definition) is 7. The zero-order valence-corrected chi connectivity index (χ0v) is 17.8. The fraction of sp³-hybridized carbons (Fsp3) is 0.0455. The number of nitro benzene ring substituents is 1. The van der Waals surface area contributed by atoms with Gasteiger partial charge in [0.05, 0.1) is 9.83 Å². The van der Waals surface area contributed by atoms with Crippen LogP contribution < -0.4 is 4.18 Å². The number of carbonyl (C=O) groups excluding carboxylic acids is 1. The van der Waals surface area contributed by atoms with Crippen LogP contribution in [0.2, 0.25) is 0 Å². The molecule has 4 rings (SSSR count). The molecule has 0 amide bonds. The van der Waals surface area contributed by atoms with E-state index in [2.05, 4.69) is 0 Å². The average Bonchev–Trinajstić information content (AvgIpc) is 3.05. The van der Waals surface area contributed by atoms with Crippen molar-refractivity contribution in [3.63, 3.8) is 0 Å². The van der Waals surface area contributed by atoms with Crippen LogP contribution in [0.25, 0.3) is 6.08 Å². The number of Topliss-reactive ketones (excluding diaryl/α,β-unsaturated/α-hetero) is 1. The summed E-state index contributed by atoms with van der Waals surface area (Å²) in [6.45, 7) is 1.52. The number of fused-ring (bicyclic) bond motifs is 1. The Morgan fingerprint density at radius 2 is 1.74 bits per heavy atom. The van der Waals surface area contributed by atoms with E-state index in [0.29, 0.717) is 21.6 Å². The van der Waals surface area contributed by atoms with Crippen LogP contribution >= 0.6 is 11.8 Å². The van der Waals surface area contributed by atoms with E-state index in [4.69, 9.17) is 4.18 Å². The molecule has 0 radical (unpaired) electrons. The van der Waals surface area contributed by atoms with Crippen molar-refractivity contribution in [2.45, 2.75) is 16.7 Å². The van der Waals surface area contributed by atoms with E-state index >= 15 is 0 Å². The van der Waals surface area contributed by atoms with Gasteiger partial charge in [-0.2, -0.15) is 8.42 Å². The lowest BCUT2D eigenvalue weighted by atomic mass is 10.1. The molecule has 0 N–H and O–H groups in total. The Kier molecular flexibility index (Phi) is 5.38. The monoisotopic (exact) mass is 453 g/mol. The Labute approximate surface area is 182 Å². The molecule has 31 heavy (non-hydrogen) atoms. The number of aryl methyl sites for hydroxylation is 1. The highest BCUT2D eigenvalue weighted by atomic mass is 32.2. The molecule has 0 atom stereocenters. The first-order valence-corrected chi connectivity index (χ1v) is 11.3. The Morgan fingerprint density at radius 3 is 2.42 bits per heavy atom. The molecule has 0 bridgehead atoms. The third-order valence-corrected chi connectivity index (χ3v) is 6.97. The minimum absolute atomic E-state index is 0.0514. The molecule has 7 nitrogen and oxygen atoms in total. The predicted octanol–water partition coefficient (Wildman–Crippen LogP) is 5.00. The maximum atomic E-state index is 12.5. The van der Waals surface area contributed by atoms with Crippen molar-refractivity contribution in [1.82, 2.24) is 0 Å². The molecule has 3 aromatic rings. The van der Waals surface area contributed by atoms with Gasteiger partial charge >= 0.3 is 10.1 Å². The molecule has 3 aromatic carbocycles. The molecular weight excluding hydrogens is 438 g/mol. The summed E-state index contributed by atoms with van der Waals surface area (Å²) < 4.78 is 30.1. The summed E-state index contributed by atoms with van der Waals surface area (Å²) in [7, 11) is -4.24. The summed E-state index contributed by atoms with van der Waals surface area (Å²) in [5, 5.41) is 11.1. The lowest BCUT2D eigenvalue weighted by Gasteiger charge is -2.08. The molecule has 0 saturated carbocycles. The van der Waals surface area contributed by atoms with Crippen molar-refractivity contribution < 1.29 is 22.3 Å².